The lowest BCUT2D eigenvalue weighted by atomic mass is 9.84. The summed E-state index contributed by atoms with van der Waals surface area (Å²) in [6.45, 7) is 8.21. The van der Waals surface area contributed by atoms with Gasteiger partial charge in [-0.15, -0.1) is 0 Å². The maximum atomic E-state index is 2.42. The van der Waals surface area contributed by atoms with Crippen molar-refractivity contribution in [1.82, 2.24) is 0 Å². The molecule has 324 valence electrons. The van der Waals surface area contributed by atoms with Crippen LogP contribution in [-0.4, -0.2) is 0 Å². The Kier molecular flexibility index (Phi) is 11.3. The van der Waals surface area contributed by atoms with E-state index in [-0.39, 0.29) is 0 Å². The first kappa shape index (κ1) is 42.3. The quantitative estimate of drug-likeness (QED) is 0.115. The lowest BCUT2D eigenvalue weighted by Gasteiger charge is -2.19. The first-order chi connectivity index (χ1) is 33.6. The Morgan fingerprint density at radius 1 is 0.265 bits per heavy atom. The molecular formula is C68H52. The van der Waals surface area contributed by atoms with Crippen LogP contribution < -0.4 is 10.4 Å². The molecule has 0 aliphatic carbocycles. The van der Waals surface area contributed by atoms with Crippen molar-refractivity contribution >= 4 is 88.9 Å². The summed E-state index contributed by atoms with van der Waals surface area (Å²) < 4.78 is 0. The Morgan fingerprint density at radius 3 is 1.22 bits per heavy atom. The second kappa shape index (κ2) is 18.2. The summed E-state index contributed by atoms with van der Waals surface area (Å²) in [6.07, 6.45) is 9.03. The predicted octanol–water partition coefficient (Wildman–Crippen LogP) is 18.1. The maximum absolute atomic E-state index is 2.42. The smallest absolute Gasteiger partial charge is 0.00259 e. The Balaban J connectivity index is 0.00000250. The fourth-order valence-corrected chi connectivity index (χ4v) is 10.5. The van der Waals surface area contributed by atoms with Crippen LogP contribution in [0.3, 0.4) is 0 Å². The lowest BCUT2D eigenvalue weighted by Crippen LogP contribution is -2.23. The highest BCUT2D eigenvalue weighted by Gasteiger charge is 2.19. The second-order valence-electron chi connectivity index (χ2n) is 17.4. The van der Waals surface area contributed by atoms with Gasteiger partial charge in [-0.2, -0.15) is 0 Å². The van der Waals surface area contributed by atoms with Crippen molar-refractivity contribution in [3.63, 3.8) is 0 Å². The fourth-order valence-electron chi connectivity index (χ4n) is 10.5. The van der Waals surface area contributed by atoms with Crippen LogP contribution in [0.1, 0.15) is 38.8 Å². The molecule has 0 heteroatoms. The van der Waals surface area contributed by atoms with Crippen molar-refractivity contribution < 1.29 is 0 Å². The summed E-state index contributed by atoms with van der Waals surface area (Å²) in [5.74, 6) is 0. The lowest BCUT2D eigenvalue weighted by molar-refractivity contribution is 1.48. The maximum Gasteiger partial charge on any atom is -0.00259 e. The van der Waals surface area contributed by atoms with Gasteiger partial charge in [0, 0.05) is 0 Å². The van der Waals surface area contributed by atoms with Crippen LogP contribution >= 0.6 is 0 Å². The van der Waals surface area contributed by atoms with E-state index >= 15 is 0 Å². The molecule has 0 aromatic heterocycles. The van der Waals surface area contributed by atoms with Crippen molar-refractivity contribution in [2.75, 3.05) is 0 Å². The Bertz CT molecular complexity index is 3990. The number of rotatable bonds is 6. The van der Waals surface area contributed by atoms with E-state index in [1.54, 1.807) is 0 Å². The van der Waals surface area contributed by atoms with E-state index in [1.165, 1.54) is 125 Å². The average molecular weight is 869 g/mol. The minimum absolute atomic E-state index is 1.16. The highest BCUT2D eigenvalue weighted by Crippen LogP contribution is 2.46. The van der Waals surface area contributed by atoms with Gasteiger partial charge in [0.05, 0.1) is 0 Å². The topological polar surface area (TPSA) is 0 Å². The molecule has 0 radical (unpaired) electrons. The molecule has 0 N–H and O–H groups in total. The number of hydrogen-bond acceptors (Lipinski definition) is 0. The van der Waals surface area contributed by atoms with Gasteiger partial charge in [0.2, 0.25) is 0 Å². The number of benzene rings is 12. The number of fused-ring (bicyclic) bond motifs is 6. The van der Waals surface area contributed by atoms with Crippen molar-refractivity contribution in [3.05, 3.63) is 240 Å². The molecule has 0 aliphatic rings. The molecule has 12 aromatic rings. The molecule has 0 spiro atoms. The largest absolute Gasteiger partial charge is 0.0798 e. The molecule has 0 nitrogen and oxygen atoms in total. The minimum Gasteiger partial charge on any atom is -0.0798 e. The molecule has 12 rings (SSSR count). The van der Waals surface area contributed by atoms with Gasteiger partial charge in [-0.3, -0.25) is 0 Å². The van der Waals surface area contributed by atoms with Crippen LogP contribution in [0, 0.1) is 0 Å². The summed E-state index contributed by atoms with van der Waals surface area (Å²) in [5.41, 5.74) is 12.3. The number of hydrogen-bond donors (Lipinski definition) is 0. The summed E-state index contributed by atoms with van der Waals surface area (Å²) in [5, 5.41) is 17.5. The van der Waals surface area contributed by atoms with E-state index in [0.717, 1.165) is 5.56 Å². The van der Waals surface area contributed by atoms with Gasteiger partial charge in [0.25, 0.3) is 0 Å². The summed E-state index contributed by atoms with van der Waals surface area (Å²) in [6, 6.07) is 81.0. The zero-order chi connectivity index (χ0) is 46.1. The van der Waals surface area contributed by atoms with Gasteiger partial charge in [-0.1, -0.05) is 232 Å². The summed E-state index contributed by atoms with van der Waals surface area (Å²) >= 11 is 0. The first-order valence-electron chi connectivity index (χ1n) is 24.1. The van der Waals surface area contributed by atoms with Crippen molar-refractivity contribution in [2.45, 2.75) is 27.7 Å². The molecule has 0 unspecified atom stereocenters. The fraction of sp³-hybridized carbons (Fsp3) is 0.0588. The normalized spacial score (nSPS) is 12.2. The van der Waals surface area contributed by atoms with Gasteiger partial charge in [-0.05, 0) is 169 Å². The third kappa shape index (κ3) is 7.45. The molecule has 0 saturated carbocycles. The third-order valence-electron chi connectivity index (χ3n) is 13.8. The molecule has 0 bridgehead atoms. The molecule has 12 aromatic carbocycles. The van der Waals surface area contributed by atoms with Gasteiger partial charge in [-0.25, -0.2) is 0 Å². The van der Waals surface area contributed by atoms with Crippen LogP contribution in [0.25, 0.3) is 133 Å². The molecule has 0 fully saturated rings. The van der Waals surface area contributed by atoms with Crippen LogP contribution in [-0.2, 0) is 0 Å². The SMILES string of the molecule is C/C=c1/ccc(-c2ccc(-c3c4ccccc4c(/C=C/c4ccc5c(-c6ccc7ccccc7c6)c6ccccc6c(-c6ccc7ccccc7c6)c5c4)c4ccccc34)cc2)c/c1=C/C.CC. The van der Waals surface area contributed by atoms with Crippen molar-refractivity contribution in [3.8, 4) is 44.5 Å². The Labute approximate surface area is 399 Å². The zero-order valence-corrected chi connectivity index (χ0v) is 39.1. The van der Waals surface area contributed by atoms with Crippen molar-refractivity contribution in [1.29, 1.82) is 0 Å². The molecule has 0 amide bonds. The minimum atomic E-state index is 1.16. The van der Waals surface area contributed by atoms with E-state index in [1.807, 2.05) is 13.8 Å². The third-order valence-corrected chi connectivity index (χ3v) is 13.8. The van der Waals surface area contributed by atoms with E-state index in [0.29, 0.717) is 0 Å². The van der Waals surface area contributed by atoms with E-state index in [2.05, 4.69) is 257 Å². The van der Waals surface area contributed by atoms with Crippen molar-refractivity contribution in [2.24, 2.45) is 0 Å². The van der Waals surface area contributed by atoms with Crippen LogP contribution in [0.5, 0.6) is 0 Å². The monoisotopic (exact) mass is 868 g/mol. The van der Waals surface area contributed by atoms with Gasteiger partial charge < -0.3 is 0 Å². The van der Waals surface area contributed by atoms with E-state index in [9.17, 15) is 0 Å². The second-order valence-corrected chi connectivity index (χ2v) is 17.4. The van der Waals surface area contributed by atoms with E-state index < -0.39 is 0 Å². The Hall–Kier alpha value is -8.32. The predicted molar refractivity (Wildman–Crippen MR) is 299 cm³/mol. The molecular weight excluding hydrogens is 817 g/mol. The highest BCUT2D eigenvalue weighted by molar-refractivity contribution is 6.23. The first-order valence-corrected chi connectivity index (χ1v) is 24.1. The van der Waals surface area contributed by atoms with Crippen LogP contribution in [0.2, 0.25) is 0 Å². The molecule has 0 saturated heterocycles. The summed E-state index contributed by atoms with van der Waals surface area (Å²) in [7, 11) is 0. The average Bonchev–Trinajstić information content (AvgIpc) is 3.41. The van der Waals surface area contributed by atoms with Gasteiger partial charge in [0.1, 0.15) is 0 Å². The standard InChI is InChI=1S/C66H46.C2H6/c1-3-44-27-34-52(40-45(44)4-2)48-28-32-49(33-29-48)64-58-21-11-9-19-55(58)57(56-20-10-12-22-59(56)64)37-25-43-26-38-62-63(39-43)66(54-36-31-47-16-6-8-18-51(47)42-54)61-24-14-13-23-60(61)65(62)53-35-30-46-15-5-7-17-50(46)41-53;1-2/h3-42H,1-2H3;1-2H3/b37-25+,44-3-,45-4-;. The van der Waals surface area contributed by atoms with Gasteiger partial charge >= 0.3 is 0 Å². The highest BCUT2D eigenvalue weighted by atomic mass is 14.2. The Morgan fingerprint density at radius 2 is 0.676 bits per heavy atom. The molecule has 0 heterocycles. The molecule has 68 heavy (non-hydrogen) atoms. The van der Waals surface area contributed by atoms with Gasteiger partial charge in [0.15, 0.2) is 0 Å². The molecule has 0 atom stereocenters. The zero-order valence-electron chi connectivity index (χ0n) is 39.1. The molecule has 0 aliphatic heterocycles. The van der Waals surface area contributed by atoms with Crippen LogP contribution in [0.4, 0.5) is 0 Å². The summed E-state index contributed by atoms with van der Waals surface area (Å²) in [4.78, 5) is 0. The van der Waals surface area contributed by atoms with Crippen LogP contribution in [0.15, 0.2) is 218 Å². The van der Waals surface area contributed by atoms with E-state index in [4.69, 9.17) is 0 Å².